The second-order valence-electron chi connectivity index (χ2n) is 8.97. The highest BCUT2D eigenvalue weighted by molar-refractivity contribution is 6.09. The summed E-state index contributed by atoms with van der Waals surface area (Å²) in [6, 6.07) is 20.3. The number of hydrogen-bond acceptors (Lipinski definition) is 6. The van der Waals surface area contributed by atoms with E-state index in [9.17, 15) is 14.9 Å². The molecular weight excluding hydrogens is 464 g/mol. The quantitative estimate of drug-likeness (QED) is 0.372. The van der Waals surface area contributed by atoms with Gasteiger partial charge >= 0.3 is 0 Å². The van der Waals surface area contributed by atoms with Crippen LogP contribution in [0.15, 0.2) is 73.1 Å². The molecule has 2 aromatic heterocycles. The Morgan fingerprint density at radius 3 is 2.57 bits per heavy atom. The van der Waals surface area contributed by atoms with Crippen molar-refractivity contribution in [3.8, 4) is 17.2 Å². The molecule has 37 heavy (non-hydrogen) atoms. The summed E-state index contributed by atoms with van der Waals surface area (Å²) >= 11 is 0. The number of aromatic nitrogens is 3. The van der Waals surface area contributed by atoms with Crippen molar-refractivity contribution in [3.05, 3.63) is 95.6 Å². The third kappa shape index (κ3) is 4.11. The second kappa shape index (κ2) is 9.30. The zero-order valence-corrected chi connectivity index (χ0v) is 19.9. The second-order valence-corrected chi connectivity index (χ2v) is 8.97. The van der Waals surface area contributed by atoms with E-state index in [0.29, 0.717) is 46.4 Å². The van der Waals surface area contributed by atoms with Gasteiger partial charge in [-0.15, -0.1) is 0 Å². The van der Waals surface area contributed by atoms with E-state index in [4.69, 9.17) is 0 Å². The molecule has 0 aliphatic carbocycles. The number of nitrogens with zero attached hydrogens (tertiary/aromatic N) is 4. The number of carbonyl (C=O) groups excluding carboxylic acids is 2. The first-order chi connectivity index (χ1) is 18.1. The molecule has 5 aromatic rings. The van der Waals surface area contributed by atoms with Gasteiger partial charge < -0.3 is 15.2 Å². The van der Waals surface area contributed by atoms with E-state index in [1.165, 1.54) is 0 Å². The third-order valence-electron chi connectivity index (χ3n) is 6.71. The van der Waals surface area contributed by atoms with Crippen molar-refractivity contribution < 1.29 is 9.59 Å². The molecule has 0 spiro atoms. The fraction of sp³-hybridized carbons (Fsp3) is 0.138. The Bertz CT molecular complexity index is 1720. The summed E-state index contributed by atoms with van der Waals surface area (Å²) < 4.78 is 0. The summed E-state index contributed by atoms with van der Waals surface area (Å²) in [5.74, 6) is -0.162. The lowest BCUT2D eigenvalue weighted by atomic mass is 9.94. The van der Waals surface area contributed by atoms with Crippen molar-refractivity contribution in [2.45, 2.75) is 0 Å². The van der Waals surface area contributed by atoms with Crippen LogP contribution >= 0.6 is 0 Å². The van der Waals surface area contributed by atoms with Crippen LogP contribution in [0.5, 0.6) is 0 Å². The van der Waals surface area contributed by atoms with E-state index in [1.807, 2.05) is 29.2 Å². The Morgan fingerprint density at radius 2 is 1.73 bits per heavy atom. The van der Waals surface area contributed by atoms with E-state index in [2.05, 4.69) is 26.3 Å². The van der Waals surface area contributed by atoms with E-state index >= 15 is 0 Å². The minimum atomic E-state index is -0.301. The molecular formula is C29H22N6O2. The van der Waals surface area contributed by atoms with Crippen LogP contribution in [-0.4, -0.2) is 57.7 Å². The predicted octanol–water partition coefficient (Wildman–Crippen LogP) is 3.93. The Hall–Kier alpha value is -4.87. The van der Waals surface area contributed by atoms with Gasteiger partial charge in [0.1, 0.15) is 0 Å². The first kappa shape index (κ1) is 22.6. The molecule has 1 fully saturated rings. The monoisotopic (exact) mass is 486 g/mol. The van der Waals surface area contributed by atoms with Gasteiger partial charge in [-0.05, 0) is 41.8 Å². The van der Waals surface area contributed by atoms with Crippen LogP contribution in [0.3, 0.4) is 0 Å². The molecule has 1 aliphatic rings. The summed E-state index contributed by atoms with van der Waals surface area (Å²) in [5, 5.41) is 14.9. The average molecular weight is 487 g/mol. The molecule has 0 unspecified atom stereocenters. The highest BCUT2D eigenvalue weighted by Gasteiger charge is 2.21. The average Bonchev–Trinajstić information content (AvgIpc) is 3.40. The maximum absolute atomic E-state index is 13.5. The number of H-pyrrole nitrogens is 1. The van der Waals surface area contributed by atoms with Crippen molar-refractivity contribution in [2.75, 3.05) is 26.2 Å². The number of pyridine rings is 1. The summed E-state index contributed by atoms with van der Waals surface area (Å²) in [4.78, 5) is 40.1. The Balaban J connectivity index is 1.36. The molecule has 1 amide bonds. The summed E-state index contributed by atoms with van der Waals surface area (Å²) in [5.41, 5.74) is 4.06. The number of nitriles is 1. The Labute approximate surface area is 212 Å². The number of benzene rings is 3. The van der Waals surface area contributed by atoms with Crippen LogP contribution in [0.1, 0.15) is 32.1 Å². The third-order valence-corrected chi connectivity index (χ3v) is 6.71. The predicted molar refractivity (Wildman–Crippen MR) is 140 cm³/mol. The molecule has 0 radical (unpaired) electrons. The number of aromatic amines is 1. The van der Waals surface area contributed by atoms with Crippen molar-refractivity contribution >= 4 is 33.5 Å². The van der Waals surface area contributed by atoms with Crippen molar-refractivity contribution in [2.24, 2.45) is 0 Å². The van der Waals surface area contributed by atoms with Gasteiger partial charge in [0, 0.05) is 66.2 Å². The van der Waals surface area contributed by atoms with Crippen molar-refractivity contribution in [1.82, 2.24) is 25.2 Å². The number of carbonyl (C=O) groups is 2. The SMILES string of the molecule is N#Cc1ccc(C(=O)c2nc3ccc(C(=O)N4CCNCC4)cc3[nH]2)cc1-c1cncc2ccccc12. The van der Waals surface area contributed by atoms with Gasteiger partial charge in [-0.1, -0.05) is 24.3 Å². The number of rotatable bonds is 4. The van der Waals surface area contributed by atoms with E-state index in [1.54, 1.807) is 48.8 Å². The lowest BCUT2D eigenvalue weighted by Crippen LogP contribution is -2.46. The summed E-state index contributed by atoms with van der Waals surface area (Å²) in [6.07, 6.45) is 3.49. The number of hydrogen-bond donors (Lipinski definition) is 2. The maximum Gasteiger partial charge on any atom is 0.254 e. The molecule has 0 bridgehead atoms. The van der Waals surface area contributed by atoms with Crippen molar-refractivity contribution in [1.29, 1.82) is 5.26 Å². The van der Waals surface area contributed by atoms with Gasteiger partial charge in [0.2, 0.25) is 5.78 Å². The number of piperazine rings is 1. The molecule has 6 rings (SSSR count). The minimum Gasteiger partial charge on any atom is -0.336 e. The molecule has 8 heteroatoms. The molecule has 0 atom stereocenters. The van der Waals surface area contributed by atoms with Crippen LogP contribution in [-0.2, 0) is 0 Å². The first-order valence-electron chi connectivity index (χ1n) is 12.0. The smallest absolute Gasteiger partial charge is 0.254 e. The van der Waals surface area contributed by atoms with Gasteiger partial charge in [0.05, 0.1) is 22.7 Å². The highest BCUT2D eigenvalue weighted by Crippen LogP contribution is 2.31. The molecule has 3 aromatic carbocycles. The zero-order valence-electron chi connectivity index (χ0n) is 19.9. The van der Waals surface area contributed by atoms with E-state index < -0.39 is 0 Å². The largest absolute Gasteiger partial charge is 0.336 e. The van der Waals surface area contributed by atoms with Gasteiger partial charge in [0.15, 0.2) is 5.82 Å². The topological polar surface area (TPSA) is 115 Å². The first-order valence-corrected chi connectivity index (χ1v) is 12.0. The number of ketones is 1. The van der Waals surface area contributed by atoms with Gasteiger partial charge in [-0.3, -0.25) is 14.6 Å². The molecule has 180 valence electrons. The van der Waals surface area contributed by atoms with Gasteiger partial charge in [-0.2, -0.15) is 5.26 Å². The number of fused-ring (bicyclic) bond motifs is 2. The minimum absolute atomic E-state index is 0.0358. The molecule has 2 N–H and O–H groups in total. The molecule has 1 aliphatic heterocycles. The molecule has 1 saturated heterocycles. The highest BCUT2D eigenvalue weighted by atomic mass is 16.2. The van der Waals surface area contributed by atoms with Crippen LogP contribution in [0.2, 0.25) is 0 Å². The van der Waals surface area contributed by atoms with Crippen molar-refractivity contribution in [3.63, 3.8) is 0 Å². The normalized spacial score (nSPS) is 13.5. The fourth-order valence-corrected chi connectivity index (χ4v) is 4.77. The molecule has 0 saturated carbocycles. The van der Waals surface area contributed by atoms with E-state index in [0.717, 1.165) is 29.4 Å². The zero-order chi connectivity index (χ0) is 25.4. The number of nitrogens with one attached hydrogen (secondary N) is 2. The van der Waals surface area contributed by atoms with Gasteiger partial charge in [-0.25, -0.2) is 4.98 Å². The summed E-state index contributed by atoms with van der Waals surface area (Å²) in [7, 11) is 0. The van der Waals surface area contributed by atoms with Crippen LogP contribution < -0.4 is 5.32 Å². The number of imidazole rings is 1. The molecule has 3 heterocycles. The fourth-order valence-electron chi connectivity index (χ4n) is 4.77. The lowest BCUT2D eigenvalue weighted by molar-refractivity contribution is 0.0736. The van der Waals surface area contributed by atoms with Gasteiger partial charge in [0.25, 0.3) is 5.91 Å². The van der Waals surface area contributed by atoms with Crippen LogP contribution in [0, 0.1) is 11.3 Å². The van der Waals surface area contributed by atoms with Crippen LogP contribution in [0.25, 0.3) is 32.9 Å². The molecule has 8 nitrogen and oxygen atoms in total. The Morgan fingerprint density at radius 1 is 0.919 bits per heavy atom. The Kier molecular flexibility index (Phi) is 5.68. The van der Waals surface area contributed by atoms with Crippen LogP contribution in [0.4, 0.5) is 0 Å². The lowest BCUT2D eigenvalue weighted by Gasteiger charge is -2.27. The van der Waals surface area contributed by atoms with E-state index in [-0.39, 0.29) is 17.5 Å². The number of amides is 1. The summed E-state index contributed by atoms with van der Waals surface area (Å²) in [6.45, 7) is 2.88. The standard InChI is InChI=1S/C29H22N6O2/c30-15-20-6-5-18(13-23(20)24-17-32-16-21-3-1-2-4-22(21)24)27(36)28-33-25-8-7-19(14-26(25)34-28)29(37)35-11-9-31-10-12-35/h1-8,13-14,16-17,31H,9-12H2,(H,33,34). The maximum atomic E-state index is 13.5.